The summed E-state index contributed by atoms with van der Waals surface area (Å²) in [7, 11) is 5.84. The van der Waals surface area contributed by atoms with Gasteiger partial charge in [-0.25, -0.2) is 0 Å². The lowest BCUT2D eigenvalue weighted by atomic mass is 10.1. The highest BCUT2D eigenvalue weighted by molar-refractivity contribution is 5.71. The molecule has 0 aromatic carbocycles. The number of quaternary nitrogens is 1. The van der Waals surface area contributed by atoms with E-state index in [0.717, 1.165) is 57.8 Å². The van der Waals surface area contributed by atoms with Gasteiger partial charge in [-0.05, 0) is 38.5 Å². The van der Waals surface area contributed by atoms with Crippen molar-refractivity contribution in [3.63, 3.8) is 0 Å². The summed E-state index contributed by atoms with van der Waals surface area (Å²) < 4.78 is 22.1. The predicted molar refractivity (Wildman–Crippen MR) is 177 cm³/mol. The molecule has 256 valence electrons. The molecule has 0 amide bonds. The van der Waals surface area contributed by atoms with Gasteiger partial charge in [-0.1, -0.05) is 100 Å². The molecule has 0 fully saturated rings. The first-order chi connectivity index (χ1) is 21.6. The fourth-order valence-electron chi connectivity index (χ4n) is 3.72. The number of carboxylic acids is 1. The van der Waals surface area contributed by atoms with Crippen LogP contribution in [0.3, 0.4) is 0 Å². The molecular formula is C36H59NO8. The summed E-state index contributed by atoms with van der Waals surface area (Å²) in [4.78, 5) is 36.2. The quantitative estimate of drug-likeness (QED) is 0.0352. The van der Waals surface area contributed by atoms with Gasteiger partial charge in [0, 0.05) is 6.42 Å². The molecule has 0 aromatic heterocycles. The Morgan fingerprint density at radius 1 is 0.689 bits per heavy atom. The van der Waals surface area contributed by atoms with Crippen molar-refractivity contribution >= 4 is 17.9 Å². The Balaban J connectivity index is 4.74. The minimum absolute atomic E-state index is 0.0132. The van der Waals surface area contributed by atoms with Gasteiger partial charge in [0.25, 0.3) is 0 Å². The SMILES string of the molecule is CC/C=C\C/C=C\C/C=C\C/C=C\C/C=C\CC(=O)OC(COC(=O)CCCCCCC)COC(OCC[N+](C)(C)C)C(=O)[O-]. The van der Waals surface area contributed by atoms with Crippen molar-refractivity contribution in [3.8, 4) is 0 Å². The van der Waals surface area contributed by atoms with E-state index in [1.165, 1.54) is 0 Å². The summed E-state index contributed by atoms with van der Waals surface area (Å²) in [5.41, 5.74) is 0. The molecule has 0 radical (unpaired) electrons. The number of carbonyl (C=O) groups is 3. The monoisotopic (exact) mass is 633 g/mol. The van der Waals surface area contributed by atoms with Crippen molar-refractivity contribution in [3.05, 3.63) is 60.8 Å². The number of carboxylic acid groups (broad SMARTS) is 1. The van der Waals surface area contributed by atoms with E-state index in [1.54, 1.807) is 6.08 Å². The summed E-state index contributed by atoms with van der Waals surface area (Å²) in [5, 5.41) is 11.5. The van der Waals surface area contributed by atoms with Gasteiger partial charge in [-0.2, -0.15) is 0 Å². The van der Waals surface area contributed by atoms with Crippen molar-refractivity contribution < 1.29 is 42.9 Å². The van der Waals surface area contributed by atoms with Crippen LogP contribution in [0, 0.1) is 0 Å². The molecule has 2 unspecified atom stereocenters. The van der Waals surface area contributed by atoms with Crippen LogP contribution in [0.15, 0.2) is 60.8 Å². The van der Waals surface area contributed by atoms with Crippen molar-refractivity contribution in [2.45, 2.75) is 103 Å². The zero-order chi connectivity index (χ0) is 33.6. The van der Waals surface area contributed by atoms with Gasteiger partial charge in [-0.3, -0.25) is 9.59 Å². The topological polar surface area (TPSA) is 111 Å². The Bertz CT molecular complexity index is 930. The Morgan fingerprint density at radius 3 is 1.78 bits per heavy atom. The Hall–Kier alpha value is -3.01. The van der Waals surface area contributed by atoms with E-state index < -0.39 is 30.3 Å². The maximum Gasteiger partial charge on any atom is 0.310 e. The predicted octanol–water partition coefficient (Wildman–Crippen LogP) is 5.76. The third-order valence-electron chi connectivity index (χ3n) is 6.31. The second-order valence-electron chi connectivity index (χ2n) is 11.7. The Kier molecular flexibility index (Phi) is 26.6. The number of allylic oxidation sites excluding steroid dienone is 9. The molecule has 0 saturated carbocycles. The summed E-state index contributed by atoms with van der Waals surface area (Å²) >= 11 is 0. The first-order valence-corrected chi connectivity index (χ1v) is 16.4. The molecule has 0 aliphatic carbocycles. The summed E-state index contributed by atoms with van der Waals surface area (Å²) in [6.45, 7) is 4.35. The second-order valence-corrected chi connectivity index (χ2v) is 11.7. The number of likely N-dealkylation sites (N-methyl/N-ethyl adjacent to an activating group) is 1. The molecule has 0 saturated heterocycles. The maximum atomic E-state index is 12.5. The van der Waals surface area contributed by atoms with Crippen LogP contribution in [0.25, 0.3) is 0 Å². The van der Waals surface area contributed by atoms with Crippen molar-refractivity contribution in [1.82, 2.24) is 0 Å². The van der Waals surface area contributed by atoms with E-state index >= 15 is 0 Å². The van der Waals surface area contributed by atoms with Gasteiger partial charge in [0.1, 0.15) is 13.2 Å². The fourth-order valence-corrected chi connectivity index (χ4v) is 3.72. The zero-order valence-corrected chi connectivity index (χ0v) is 28.5. The van der Waals surface area contributed by atoms with Crippen molar-refractivity contribution in [1.29, 1.82) is 0 Å². The number of unbranched alkanes of at least 4 members (excludes halogenated alkanes) is 4. The number of rotatable bonds is 28. The largest absolute Gasteiger partial charge is 0.545 e. The van der Waals surface area contributed by atoms with E-state index in [-0.39, 0.29) is 32.7 Å². The van der Waals surface area contributed by atoms with E-state index in [2.05, 4.69) is 56.4 Å². The molecule has 0 N–H and O–H groups in total. The van der Waals surface area contributed by atoms with Crippen LogP contribution < -0.4 is 5.11 Å². The van der Waals surface area contributed by atoms with Crippen molar-refractivity contribution in [2.24, 2.45) is 0 Å². The van der Waals surface area contributed by atoms with Gasteiger partial charge < -0.3 is 33.3 Å². The molecule has 9 nitrogen and oxygen atoms in total. The van der Waals surface area contributed by atoms with E-state index in [1.807, 2.05) is 33.3 Å². The number of aliphatic carboxylic acids is 1. The minimum Gasteiger partial charge on any atom is -0.545 e. The number of esters is 2. The van der Waals surface area contributed by atoms with Crippen LogP contribution in [0.5, 0.6) is 0 Å². The lowest BCUT2D eigenvalue weighted by Crippen LogP contribution is -2.44. The van der Waals surface area contributed by atoms with E-state index in [4.69, 9.17) is 18.9 Å². The summed E-state index contributed by atoms with van der Waals surface area (Å²) in [6, 6.07) is 0. The normalized spacial score (nSPS) is 13.9. The fraction of sp³-hybridized carbons (Fsp3) is 0.639. The average molecular weight is 634 g/mol. The number of hydrogen-bond acceptors (Lipinski definition) is 8. The van der Waals surface area contributed by atoms with Crippen LogP contribution in [0.1, 0.15) is 90.9 Å². The smallest absolute Gasteiger partial charge is 0.310 e. The van der Waals surface area contributed by atoms with Gasteiger partial charge in [0.05, 0.1) is 46.7 Å². The van der Waals surface area contributed by atoms with Gasteiger partial charge in [0.2, 0.25) is 0 Å². The Morgan fingerprint density at radius 2 is 1.24 bits per heavy atom. The average Bonchev–Trinajstić information content (AvgIpc) is 2.98. The molecule has 9 heteroatoms. The van der Waals surface area contributed by atoms with E-state index in [9.17, 15) is 19.5 Å². The molecule has 0 aromatic rings. The molecular weight excluding hydrogens is 574 g/mol. The zero-order valence-electron chi connectivity index (χ0n) is 28.5. The number of ether oxygens (including phenoxy) is 4. The first-order valence-electron chi connectivity index (χ1n) is 16.4. The minimum atomic E-state index is -1.64. The highest BCUT2D eigenvalue weighted by Gasteiger charge is 2.21. The third kappa shape index (κ3) is 29.5. The molecule has 0 rings (SSSR count). The molecule has 0 heterocycles. The van der Waals surface area contributed by atoms with Crippen LogP contribution in [0.2, 0.25) is 0 Å². The second kappa shape index (κ2) is 28.5. The van der Waals surface area contributed by atoms with Crippen LogP contribution in [-0.2, 0) is 33.3 Å². The lowest BCUT2D eigenvalue weighted by Gasteiger charge is -2.26. The molecule has 0 bridgehead atoms. The van der Waals surface area contributed by atoms with Crippen molar-refractivity contribution in [2.75, 3.05) is 47.5 Å². The maximum absolute atomic E-state index is 12.5. The highest BCUT2D eigenvalue weighted by Crippen LogP contribution is 2.08. The third-order valence-corrected chi connectivity index (χ3v) is 6.31. The Labute approximate surface area is 272 Å². The summed E-state index contributed by atoms with van der Waals surface area (Å²) in [5.74, 6) is -2.48. The van der Waals surface area contributed by atoms with Gasteiger partial charge in [0.15, 0.2) is 12.4 Å². The molecule has 0 aliphatic rings. The van der Waals surface area contributed by atoms with E-state index in [0.29, 0.717) is 17.4 Å². The number of nitrogens with zero attached hydrogens (tertiary/aromatic N) is 1. The number of carbonyl (C=O) groups excluding carboxylic acids is 3. The number of hydrogen-bond donors (Lipinski definition) is 0. The summed E-state index contributed by atoms with van der Waals surface area (Å²) in [6.07, 6.45) is 27.6. The molecule has 0 spiro atoms. The highest BCUT2D eigenvalue weighted by atomic mass is 16.7. The van der Waals surface area contributed by atoms with Crippen LogP contribution in [-0.4, -0.2) is 82.3 Å². The molecule has 0 aliphatic heterocycles. The standard InChI is InChI=1S/C36H59NO8/c1-6-8-10-12-13-14-15-16-17-18-19-20-21-23-25-27-34(39)45-32(30-43-33(38)26-24-22-11-9-7-2)31-44-36(35(40)41)42-29-28-37(3,4)5/h8,10,13-14,16-17,19-20,23,25,32,36H,6-7,9,11-12,15,18,21-22,24,26-31H2,1-5H3/b10-8-,14-13-,17-16-,20-19-,25-23-. The lowest BCUT2D eigenvalue weighted by molar-refractivity contribution is -0.870. The van der Waals surface area contributed by atoms with Gasteiger partial charge >= 0.3 is 11.9 Å². The first kappa shape index (κ1) is 42.0. The van der Waals surface area contributed by atoms with Gasteiger partial charge in [-0.15, -0.1) is 0 Å². The molecule has 2 atom stereocenters. The van der Waals surface area contributed by atoms with Crippen LogP contribution >= 0.6 is 0 Å². The molecule has 45 heavy (non-hydrogen) atoms. The van der Waals surface area contributed by atoms with Crippen LogP contribution in [0.4, 0.5) is 0 Å².